The number of hydrogen-bond acceptors (Lipinski definition) is 1. The summed E-state index contributed by atoms with van der Waals surface area (Å²) < 4.78 is 4.32. The minimum absolute atomic E-state index is 0.931. The molecule has 4 heteroatoms. The molecule has 0 unspecified atom stereocenters. The Morgan fingerprint density at radius 1 is 0.957 bits per heavy atom. The van der Waals surface area contributed by atoms with E-state index < -0.39 is 0 Å². The topological polar surface area (TPSA) is 17.3 Å². The monoisotopic (exact) mass is 430 g/mol. The maximum absolute atomic E-state index is 4.61. The van der Waals surface area contributed by atoms with E-state index in [4.69, 9.17) is 0 Å². The van der Waals surface area contributed by atoms with Crippen molar-refractivity contribution in [3.8, 4) is 5.69 Å². The number of aryl methyl sites for hydroxylation is 1. The lowest BCUT2D eigenvalue weighted by molar-refractivity contribution is 0.964. The third kappa shape index (κ3) is 3.48. The molecule has 3 rings (SSSR count). The number of para-hydroxylation sites is 1. The second-order valence-electron chi connectivity index (χ2n) is 5.35. The van der Waals surface area contributed by atoms with E-state index in [-0.39, 0.29) is 0 Å². The van der Waals surface area contributed by atoms with Crippen LogP contribution in [0.15, 0.2) is 68.5 Å². The molecule has 3 aromatic rings. The van der Waals surface area contributed by atoms with Gasteiger partial charge in [-0.3, -0.25) is 4.99 Å². The summed E-state index contributed by atoms with van der Waals surface area (Å²) >= 11 is 7.01. The Bertz CT molecular complexity index is 862. The Balaban J connectivity index is 1.98. The van der Waals surface area contributed by atoms with Gasteiger partial charge < -0.3 is 4.57 Å². The van der Waals surface area contributed by atoms with E-state index in [0.29, 0.717) is 0 Å². The first-order chi connectivity index (χ1) is 11.1. The van der Waals surface area contributed by atoms with Crippen molar-refractivity contribution in [1.29, 1.82) is 0 Å². The van der Waals surface area contributed by atoms with Gasteiger partial charge in [0.15, 0.2) is 0 Å². The van der Waals surface area contributed by atoms with Crippen LogP contribution in [-0.4, -0.2) is 10.8 Å². The minimum atomic E-state index is 0.931. The van der Waals surface area contributed by atoms with Gasteiger partial charge in [0.25, 0.3) is 0 Å². The number of aliphatic imine (C=N–C) groups is 1. The van der Waals surface area contributed by atoms with Gasteiger partial charge in [0, 0.05) is 37.8 Å². The Labute approximate surface area is 153 Å². The Kier molecular flexibility index (Phi) is 4.83. The van der Waals surface area contributed by atoms with E-state index in [1.54, 1.807) is 0 Å². The van der Waals surface area contributed by atoms with Crippen LogP contribution >= 0.6 is 31.9 Å². The lowest BCUT2D eigenvalue weighted by Crippen LogP contribution is -1.99. The smallest absolute Gasteiger partial charge is 0.0771 e. The summed E-state index contributed by atoms with van der Waals surface area (Å²) in [7, 11) is 0. The molecule has 0 aliphatic rings. The molecule has 1 heterocycles. The summed E-state index contributed by atoms with van der Waals surface area (Å²) in [5.74, 6) is 0. The van der Waals surface area contributed by atoms with Crippen molar-refractivity contribution in [3.63, 3.8) is 0 Å². The fraction of sp³-hybridized carbons (Fsp3) is 0.105. The molecule has 0 spiro atoms. The van der Waals surface area contributed by atoms with E-state index in [0.717, 1.165) is 25.9 Å². The molecule has 2 nitrogen and oxygen atoms in total. The Hall–Kier alpha value is -1.65. The molecule has 23 heavy (non-hydrogen) atoms. The zero-order valence-electron chi connectivity index (χ0n) is 12.9. The van der Waals surface area contributed by atoms with Gasteiger partial charge in [-0.2, -0.15) is 0 Å². The SMILES string of the molecule is Cc1cc(C=Nc2ccccc2Br)c(C)n1-c1ccc(Br)cc1. The molecule has 0 amide bonds. The highest BCUT2D eigenvalue weighted by atomic mass is 79.9. The van der Waals surface area contributed by atoms with Crippen molar-refractivity contribution in [3.05, 3.63) is 80.5 Å². The lowest BCUT2D eigenvalue weighted by Gasteiger charge is -2.09. The maximum atomic E-state index is 4.61. The summed E-state index contributed by atoms with van der Waals surface area (Å²) in [5, 5.41) is 0. The molecule has 0 aliphatic carbocycles. The van der Waals surface area contributed by atoms with Crippen molar-refractivity contribution >= 4 is 43.8 Å². The number of hydrogen-bond donors (Lipinski definition) is 0. The summed E-state index contributed by atoms with van der Waals surface area (Å²) in [4.78, 5) is 4.61. The first-order valence-electron chi connectivity index (χ1n) is 7.30. The van der Waals surface area contributed by atoms with Crippen LogP contribution in [0.1, 0.15) is 17.0 Å². The third-order valence-electron chi connectivity index (χ3n) is 3.75. The van der Waals surface area contributed by atoms with Crippen molar-refractivity contribution in [2.24, 2.45) is 4.99 Å². The third-order valence-corrected chi connectivity index (χ3v) is 4.95. The van der Waals surface area contributed by atoms with E-state index in [9.17, 15) is 0 Å². The van der Waals surface area contributed by atoms with Crippen LogP contribution in [0.4, 0.5) is 5.69 Å². The molecule has 0 saturated carbocycles. The highest BCUT2D eigenvalue weighted by molar-refractivity contribution is 9.10. The number of benzene rings is 2. The Morgan fingerprint density at radius 3 is 2.35 bits per heavy atom. The van der Waals surface area contributed by atoms with E-state index in [2.05, 4.69) is 85.6 Å². The zero-order valence-corrected chi connectivity index (χ0v) is 16.1. The molecule has 116 valence electrons. The van der Waals surface area contributed by atoms with Gasteiger partial charge in [0.1, 0.15) is 0 Å². The van der Waals surface area contributed by atoms with Crippen LogP contribution in [0.25, 0.3) is 5.69 Å². The van der Waals surface area contributed by atoms with Crippen LogP contribution in [0, 0.1) is 13.8 Å². The average molecular weight is 432 g/mol. The average Bonchev–Trinajstić information content (AvgIpc) is 2.82. The van der Waals surface area contributed by atoms with Crippen LogP contribution in [0.5, 0.6) is 0 Å². The fourth-order valence-corrected chi connectivity index (χ4v) is 3.25. The van der Waals surface area contributed by atoms with Crippen molar-refractivity contribution in [1.82, 2.24) is 4.57 Å². The summed E-state index contributed by atoms with van der Waals surface area (Å²) in [5.41, 5.74) is 5.59. The second kappa shape index (κ2) is 6.85. The highest BCUT2D eigenvalue weighted by Crippen LogP contribution is 2.25. The molecule has 0 bridgehead atoms. The maximum Gasteiger partial charge on any atom is 0.0771 e. The molecule has 0 saturated heterocycles. The molecule has 2 aromatic carbocycles. The quantitative estimate of drug-likeness (QED) is 0.428. The van der Waals surface area contributed by atoms with Gasteiger partial charge in [-0.25, -0.2) is 0 Å². The van der Waals surface area contributed by atoms with Crippen molar-refractivity contribution in [2.45, 2.75) is 13.8 Å². The summed E-state index contributed by atoms with van der Waals surface area (Å²) in [6.45, 7) is 4.24. The van der Waals surface area contributed by atoms with E-state index >= 15 is 0 Å². The fourth-order valence-electron chi connectivity index (χ4n) is 2.60. The summed E-state index contributed by atoms with van der Waals surface area (Å²) in [6, 6.07) is 18.5. The predicted octanol–water partition coefficient (Wildman–Crippen LogP) is 6.37. The van der Waals surface area contributed by atoms with Crippen LogP contribution < -0.4 is 0 Å². The van der Waals surface area contributed by atoms with Crippen LogP contribution in [0.3, 0.4) is 0 Å². The minimum Gasteiger partial charge on any atom is -0.318 e. The molecular formula is C19H16Br2N2. The van der Waals surface area contributed by atoms with Gasteiger partial charge in [-0.05, 0) is 72.2 Å². The van der Waals surface area contributed by atoms with Gasteiger partial charge in [-0.1, -0.05) is 28.1 Å². The number of nitrogens with zero attached hydrogens (tertiary/aromatic N) is 2. The largest absolute Gasteiger partial charge is 0.318 e. The molecule has 0 N–H and O–H groups in total. The first-order valence-corrected chi connectivity index (χ1v) is 8.88. The lowest BCUT2D eigenvalue weighted by atomic mass is 10.2. The van der Waals surface area contributed by atoms with Gasteiger partial charge in [0.05, 0.1) is 5.69 Å². The number of halogens is 2. The zero-order chi connectivity index (χ0) is 16.4. The van der Waals surface area contributed by atoms with Gasteiger partial charge >= 0.3 is 0 Å². The normalized spacial score (nSPS) is 11.3. The van der Waals surface area contributed by atoms with Gasteiger partial charge in [0.2, 0.25) is 0 Å². The first kappa shape index (κ1) is 16.2. The van der Waals surface area contributed by atoms with E-state index in [1.165, 1.54) is 11.4 Å². The van der Waals surface area contributed by atoms with Crippen LogP contribution in [0.2, 0.25) is 0 Å². The molecule has 0 aliphatic heterocycles. The predicted molar refractivity (Wildman–Crippen MR) is 104 cm³/mol. The van der Waals surface area contributed by atoms with Crippen molar-refractivity contribution < 1.29 is 0 Å². The Morgan fingerprint density at radius 2 is 1.65 bits per heavy atom. The number of rotatable bonds is 3. The van der Waals surface area contributed by atoms with Crippen molar-refractivity contribution in [2.75, 3.05) is 0 Å². The second-order valence-corrected chi connectivity index (χ2v) is 7.12. The number of aromatic nitrogens is 1. The molecule has 0 atom stereocenters. The molecule has 1 aromatic heterocycles. The standard InChI is InChI=1S/C19H16Br2N2/c1-13-11-15(12-22-19-6-4-3-5-18(19)21)14(2)23(13)17-9-7-16(20)8-10-17/h3-12H,1-2H3. The summed E-state index contributed by atoms with van der Waals surface area (Å²) in [6.07, 6.45) is 1.93. The van der Waals surface area contributed by atoms with Crippen LogP contribution in [-0.2, 0) is 0 Å². The van der Waals surface area contributed by atoms with E-state index in [1.807, 2.05) is 30.5 Å². The van der Waals surface area contributed by atoms with Gasteiger partial charge in [-0.15, -0.1) is 0 Å². The molecule has 0 fully saturated rings. The highest BCUT2D eigenvalue weighted by Gasteiger charge is 2.09. The molecule has 0 radical (unpaired) electrons. The molecular weight excluding hydrogens is 416 g/mol.